The van der Waals surface area contributed by atoms with Crippen molar-refractivity contribution >= 4 is 6.09 Å². The van der Waals surface area contributed by atoms with E-state index in [0.29, 0.717) is 17.9 Å². The van der Waals surface area contributed by atoms with E-state index in [1.807, 2.05) is 0 Å². The van der Waals surface area contributed by atoms with E-state index in [-0.39, 0.29) is 13.3 Å². The van der Waals surface area contributed by atoms with Crippen molar-refractivity contribution in [3.05, 3.63) is 23.8 Å². The average Bonchev–Trinajstić information content (AvgIpc) is 2.83. The van der Waals surface area contributed by atoms with E-state index in [1.165, 1.54) is 0 Å². The summed E-state index contributed by atoms with van der Waals surface area (Å²) in [5, 5.41) is 2.24. The topological polar surface area (TPSA) is 56.8 Å². The zero-order chi connectivity index (χ0) is 14.6. The minimum absolute atomic E-state index is 0.163. The quantitative estimate of drug-likeness (QED) is 0.924. The van der Waals surface area contributed by atoms with Gasteiger partial charge in [-0.25, -0.2) is 4.79 Å². The highest BCUT2D eigenvalue weighted by atomic mass is 19.4. The van der Waals surface area contributed by atoms with Gasteiger partial charge in [0.25, 0.3) is 0 Å². The second kappa shape index (κ2) is 5.89. The van der Waals surface area contributed by atoms with Gasteiger partial charge in [-0.1, -0.05) is 6.07 Å². The number of carbonyl (C=O) groups is 1. The van der Waals surface area contributed by atoms with Gasteiger partial charge in [-0.2, -0.15) is 13.2 Å². The summed E-state index contributed by atoms with van der Waals surface area (Å²) < 4.78 is 49.7. The molecule has 1 N–H and O–H groups in total. The van der Waals surface area contributed by atoms with E-state index in [4.69, 9.17) is 9.47 Å². The lowest BCUT2D eigenvalue weighted by Crippen LogP contribution is -2.30. The normalized spacial score (nSPS) is 13.2. The number of fused-ring (bicyclic) bond motifs is 1. The Morgan fingerprint density at radius 3 is 2.80 bits per heavy atom. The van der Waals surface area contributed by atoms with Crippen LogP contribution in [0.2, 0.25) is 0 Å². The van der Waals surface area contributed by atoms with Crippen LogP contribution in [0.25, 0.3) is 0 Å². The second-order valence-corrected chi connectivity index (χ2v) is 4.06. The molecule has 0 unspecified atom stereocenters. The van der Waals surface area contributed by atoms with Gasteiger partial charge >= 0.3 is 12.3 Å². The van der Waals surface area contributed by atoms with Crippen LogP contribution in [0.1, 0.15) is 5.56 Å². The fourth-order valence-electron chi connectivity index (χ4n) is 1.60. The summed E-state index contributed by atoms with van der Waals surface area (Å²) in [5.41, 5.74) is 0.866. The molecule has 0 fully saturated rings. The van der Waals surface area contributed by atoms with Gasteiger partial charge in [-0.15, -0.1) is 0 Å². The van der Waals surface area contributed by atoms with Crippen LogP contribution in [0.5, 0.6) is 11.5 Å². The number of halogens is 3. The number of hydrogen-bond donors (Lipinski definition) is 1. The zero-order valence-corrected chi connectivity index (χ0v) is 10.3. The third-order valence-electron chi connectivity index (χ3n) is 2.49. The fraction of sp³-hybridized carbons (Fsp3) is 0.417. The SMILES string of the molecule is O=C(NCCc1ccc2c(c1)OCO2)OCC(F)(F)F. The predicted octanol–water partition coefficient (Wildman–Crippen LogP) is 2.25. The van der Waals surface area contributed by atoms with Gasteiger partial charge in [0, 0.05) is 6.54 Å². The molecule has 8 heteroatoms. The molecule has 1 heterocycles. The Bertz CT molecular complexity index is 490. The Kier molecular flexibility index (Phi) is 4.21. The molecule has 20 heavy (non-hydrogen) atoms. The number of ether oxygens (including phenoxy) is 3. The highest BCUT2D eigenvalue weighted by molar-refractivity contribution is 5.67. The van der Waals surface area contributed by atoms with Crippen molar-refractivity contribution in [2.24, 2.45) is 0 Å². The molecule has 0 aromatic heterocycles. The maximum absolute atomic E-state index is 11.8. The Hall–Kier alpha value is -2.12. The smallest absolute Gasteiger partial charge is 0.422 e. The van der Waals surface area contributed by atoms with Gasteiger partial charge in [0.2, 0.25) is 6.79 Å². The van der Waals surface area contributed by atoms with E-state index in [0.717, 1.165) is 5.56 Å². The molecule has 2 rings (SSSR count). The summed E-state index contributed by atoms with van der Waals surface area (Å²) in [7, 11) is 0. The molecule has 1 amide bonds. The van der Waals surface area contributed by atoms with Crippen LogP contribution in [0.15, 0.2) is 18.2 Å². The molecule has 0 bridgehead atoms. The molecule has 5 nitrogen and oxygen atoms in total. The first-order valence-corrected chi connectivity index (χ1v) is 5.80. The van der Waals surface area contributed by atoms with Gasteiger partial charge in [0.15, 0.2) is 18.1 Å². The van der Waals surface area contributed by atoms with Crippen LogP contribution in [-0.4, -0.2) is 32.2 Å². The molecule has 1 aliphatic rings. The molecule has 1 aromatic rings. The molecular formula is C12H12F3NO4. The molecule has 110 valence electrons. The van der Waals surface area contributed by atoms with Gasteiger partial charge in [-0.3, -0.25) is 0 Å². The Balaban J connectivity index is 1.72. The lowest BCUT2D eigenvalue weighted by molar-refractivity contribution is -0.160. The third-order valence-corrected chi connectivity index (χ3v) is 2.49. The van der Waals surface area contributed by atoms with Crippen LogP contribution >= 0.6 is 0 Å². The molecule has 0 saturated carbocycles. The minimum Gasteiger partial charge on any atom is -0.454 e. The Labute approximate surface area is 112 Å². The van der Waals surface area contributed by atoms with Gasteiger partial charge < -0.3 is 19.5 Å². The van der Waals surface area contributed by atoms with Crippen LogP contribution in [0.3, 0.4) is 0 Å². The van der Waals surface area contributed by atoms with E-state index in [2.05, 4.69) is 10.1 Å². The number of hydrogen-bond acceptors (Lipinski definition) is 4. The van der Waals surface area contributed by atoms with Crippen molar-refractivity contribution in [1.82, 2.24) is 5.32 Å². The average molecular weight is 291 g/mol. The second-order valence-electron chi connectivity index (χ2n) is 4.06. The largest absolute Gasteiger partial charge is 0.454 e. The highest BCUT2D eigenvalue weighted by Crippen LogP contribution is 2.32. The molecule has 1 aromatic carbocycles. The molecule has 1 aliphatic heterocycles. The third kappa shape index (κ3) is 4.22. The van der Waals surface area contributed by atoms with E-state index >= 15 is 0 Å². The first-order chi connectivity index (χ1) is 9.44. The molecular weight excluding hydrogens is 279 g/mol. The Morgan fingerprint density at radius 1 is 1.30 bits per heavy atom. The number of carbonyl (C=O) groups excluding carboxylic acids is 1. The summed E-state index contributed by atoms with van der Waals surface area (Å²) in [6.45, 7) is -1.26. The number of rotatable bonds is 4. The number of alkyl halides is 3. The lowest BCUT2D eigenvalue weighted by atomic mass is 10.1. The van der Waals surface area contributed by atoms with Gasteiger partial charge in [0.1, 0.15) is 0 Å². The summed E-state index contributed by atoms with van der Waals surface area (Å²) in [6, 6.07) is 5.28. The maximum atomic E-state index is 11.8. The summed E-state index contributed by atoms with van der Waals surface area (Å²) in [4.78, 5) is 11.0. The highest BCUT2D eigenvalue weighted by Gasteiger charge is 2.29. The van der Waals surface area contributed by atoms with Crippen LogP contribution in [-0.2, 0) is 11.2 Å². The first-order valence-electron chi connectivity index (χ1n) is 5.80. The van der Waals surface area contributed by atoms with Crippen molar-refractivity contribution in [1.29, 1.82) is 0 Å². The number of benzene rings is 1. The van der Waals surface area contributed by atoms with Crippen molar-refractivity contribution in [3.8, 4) is 11.5 Å². The molecule has 0 spiro atoms. The molecule has 0 radical (unpaired) electrons. The standard InChI is InChI=1S/C12H12F3NO4/c13-12(14,15)6-18-11(17)16-4-3-8-1-2-9-10(5-8)20-7-19-9/h1-2,5H,3-4,6-7H2,(H,16,17). The van der Waals surface area contributed by atoms with Crippen molar-refractivity contribution < 1.29 is 32.2 Å². The summed E-state index contributed by atoms with van der Waals surface area (Å²) in [5.74, 6) is 1.26. The van der Waals surface area contributed by atoms with Gasteiger partial charge in [0.05, 0.1) is 0 Å². The zero-order valence-electron chi connectivity index (χ0n) is 10.3. The number of alkyl carbamates (subject to hydrolysis) is 1. The lowest BCUT2D eigenvalue weighted by Gasteiger charge is -2.09. The monoisotopic (exact) mass is 291 g/mol. The molecule has 0 atom stereocenters. The first kappa shape index (κ1) is 14.3. The van der Waals surface area contributed by atoms with Crippen molar-refractivity contribution in [2.45, 2.75) is 12.6 Å². The molecule has 0 aliphatic carbocycles. The molecule has 0 saturated heterocycles. The number of amides is 1. The van der Waals surface area contributed by atoms with E-state index in [1.54, 1.807) is 18.2 Å². The predicted molar refractivity (Wildman–Crippen MR) is 61.7 cm³/mol. The minimum atomic E-state index is -4.52. The van der Waals surface area contributed by atoms with Crippen LogP contribution in [0.4, 0.5) is 18.0 Å². The van der Waals surface area contributed by atoms with Crippen LogP contribution in [0, 0.1) is 0 Å². The van der Waals surface area contributed by atoms with Gasteiger partial charge in [-0.05, 0) is 24.1 Å². The summed E-state index contributed by atoms with van der Waals surface area (Å²) >= 11 is 0. The van der Waals surface area contributed by atoms with Crippen molar-refractivity contribution in [2.75, 3.05) is 19.9 Å². The Morgan fingerprint density at radius 2 is 2.05 bits per heavy atom. The summed E-state index contributed by atoms with van der Waals surface area (Å²) in [6.07, 6.45) is -5.17. The van der Waals surface area contributed by atoms with Crippen molar-refractivity contribution in [3.63, 3.8) is 0 Å². The van der Waals surface area contributed by atoms with E-state index < -0.39 is 18.9 Å². The maximum Gasteiger partial charge on any atom is 0.422 e. The fourth-order valence-corrected chi connectivity index (χ4v) is 1.60. The number of nitrogens with one attached hydrogen (secondary N) is 1. The van der Waals surface area contributed by atoms with Crippen LogP contribution < -0.4 is 14.8 Å². The van der Waals surface area contributed by atoms with E-state index in [9.17, 15) is 18.0 Å².